The number of hydrogen-bond acceptors (Lipinski definition) is 5. The van der Waals surface area contributed by atoms with E-state index in [4.69, 9.17) is 4.74 Å². The lowest BCUT2D eigenvalue weighted by Gasteiger charge is -2.37. The van der Waals surface area contributed by atoms with E-state index in [1.807, 2.05) is 57.2 Å². The van der Waals surface area contributed by atoms with E-state index in [-0.39, 0.29) is 11.8 Å². The summed E-state index contributed by atoms with van der Waals surface area (Å²) in [5.41, 5.74) is 1.18. The number of carbonyl (C=O) groups is 1. The van der Waals surface area contributed by atoms with E-state index in [1.54, 1.807) is 12.4 Å². The van der Waals surface area contributed by atoms with E-state index in [1.165, 1.54) is 11.3 Å². The second-order valence-electron chi connectivity index (χ2n) is 6.92. The second kappa shape index (κ2) is 6.21. The number of benzene rings is 1. The zero-order valence-electron chi connectivity index (χ0n) is 14.8. The van der Waals surface area contributed by atoms with E-state index in [0.717, 1.165) is 21.8 Å². The summed E-state index contributed by atoms with van der Waals surface area (Å²) in [7, 11) is 0. The molecule has 0 bridgehead atoms. The minimum Gasteiger partial charge on any atom is -0.438 e. The van der Waals surface area contributed by atoms with Gasteiger partial charge in [0.2, 0.25) is 11.8 Å². The Morgan fingerprint density at radius 3 is 2.69 bits per heavy atom. The molecule has 0 radical (unpaired) electrons. The van der Waals surface area contributed by atoms with Gasteiger partial charge in [-0.15, -0.1) is 11.3 Å². The van der Waals surface area contributed by atoms with Gasteiger partial charge in [0.1, 0.15) is 5.75 Å². The summed E-state index contributed by atoms with van der Waals surface area (Å²) in [5, 5.41) is 3.59. The molecule has 1 aliphatic rings. The van der Waals surface area contributed by atoms with Gasteiger partial charge < -0.3 is 10.1 Å². The van der Waals surface area contributed by atoms with E-state index < -0.39 is 5.41 Å². The standard InChI is InChI=1S/C20H19N3O2S/c1-12-11-22-19(26-12)23-18(24)20(2,3)16-13-7-4-5-9-15(13)25-17-14(16)8-6-10-21-17/h4-11,16H,1-3H3,(H,22,23,24). The van der Waals surface area contributed by atoms with Crippen molar-refractivity contribution in [3.63, 3.8) is 0 Å². The van der Waals surface area contributed by atoms with E-state index in [2.05, 4.69) is 15.3 Å². The van der Waals surface area contributed by atoms with Gasteiger partial charge in [0.15, 0.2) is 5.13 Å². The maximum atomic E-state index is 13.2. The molecule has 26 heavy (non-hydrogen) atoms. The van der Waals surface area contributed by atoms with Gasteiger partial charge in [-0.3, -0.25) is 4.79 Å². The Labute approximate surface area is 156 Å². The van der Waals surface area contributed by atoms with Crippen molar-refractivity contribution in [3.05, 3.63) is 64.8 Å². The van der Waals surface area contributed by atoms with Gasteiger partial charge in [-0.1, -0.05) is 38.1 Å². The zero-order valence-corrected chi connectivity index (χ0v) is 15.6. The molecule has 0 spiro atoms. The highest BCUT2D eigenvalue weighted by atomic mass is 32.1. The Bertz CT molecular complexity index is 935. The Morgan fingerprint density at radius 2 is 1.92 bits per heavy atom. The lowest BCUT2D eigenvalue weighted by atomic mass is 9.70. The van der Waals surface area contributed by atoms with Crippen molar-refractivity contribution in [2.45, 2.75) is 26.7 Å². The van der Waals surface area contributed by atoms with Crippen LogP contribution in [0.5, 0.6) is 11.6 Å². The van der Waals surface area contributed by atoms with Gasteiger partial charge in [0.25, 0.3) is 0 Å². The molecule has 4 rings (SSSR count). The van der Waals surface area contributed by atoms with Gasteiger partial charge in [0.05, 0.1) is 5.41 Å². The van der Waals surface area contributed by atoms with E-state index in [0.29, 0.717) is 11.0 Å². The molecule has 1 aliphatic heterocycles. The molecule has 132 valence electrons. The lowest BCUT2D eigenvalue weighted by molar-refractivity contribution is -0.124. The molecule has 0 fully saturated rings. The first-order valence-corrected chi connectivity index (χ1v) is 9.24. The summed E-state index contributed by atoms with van der Waals surface area (Å²) in [4.78, 5) is 22.8. The van der Waals surface area contributed by atoms with Gasteiger partial charge in [-0.05, 0) is 19.1 Å². The van der Waals surface area contributed by atoms with Gasteiger partial charge in [0, 0.05) is 34.3 Å². The number of thiazole rings is 1. The first-order valence-electron chi connectivity index (χ1n) is 8.42. The number of aryl methyl sites for hydroxylation is 1. The van der Waals surface area contributed by atoms with Crippen LogP contribution in [0, 0.1) is 12.3 Å². The average Bonchev–Trinajstić information content (AvgIpc) is 3.04. The highest BCUT2D eigenvalue weighted by molar-refractivity contribution is 7.15. The fourth-order valence-corrected chi connectivity index (χ4v) is 4.03. The maximum absolute atomic E-state index is 13.2. The highest BCUT2D eigenvalue weighted by Crippen LogP contribution is 2.51. The predicted octanol–water partition coefficient (Wildman–Crippen LogP) is 4.75. The van der Waals surface area contributed by atoms with Gasteiger partial charge in [-0.2, -0.15) is 0 Å². The first kappa shape index (κ1) is 16.7. The molecule has 2 aromatic heterocycles. The predicted molar refractivity (Wildman–Crippen MR) is 102 cm³/mol. The molecule has 3 heterocycles. The van der Waals surface area contributed by atoms with Crippen LogP contribution in [-0.4, -0.2) is 15.9 Å². The highest BCUT2D eigenvalue weighted by Gasteiger charge is 2.44. The summed E-state index contributed by atoms with van der Waals surface area (Å²) in [6.07, 6.45) is 3.46. The number of nitrogens with one attached hydrogen (secondary N) is 1. The van der Waals surface area contributed by atoms with E-state index >= 15 is 0 Å². The van der Waals surface area contributed by atoms with Crippen LogP contribution in [0.2, 0.25) is 0 Å². The minimum atomic E-state index is -0.725. The van der Waals surface area contributed by atoms with Gasteiger partial charge >= 0.3 is 0 Å². The molecule has 0 aliphatic carbocycles. The lowest BCUT2D eigenvalue weighted by Crippen LogP contribution is -2.38. The minimum absolute atomic E-state index is 0.0802. The molecule has 1 aromatic carbocycles. The second-order valence-corrected chi connectivity index (χ2v) is 8.16. The summed E-state index contributed by atoms with van der Waals surface area (Å²) in [6.45, 7) is 5.87. The smallest absolute Gasteiger partial charge is 0.232 e. The molecule has 6 heteroatoms. The summed E-state index contributed by atoms with van der Waals surface area (Å²) >= 11 is 1.47. The van der Waals surface area contributed by atoms with Crippen LogP contribution in [-0.2, 0) is 4.79 Å². The number of carbonyl (C=O) groups excluding carboxylic acids is 1. The van der Waals surface area contributed by atoms with Crippen LogP contribution in [0.1, 0.15) is 35.8 Å². The number of rotatable bonds is 3. The number of anilines is 1. The van der Waals surface area contributed by atoms with E-state index in [9.17, 15) is 4.79 Å². The summed E-state index contributed by atoms with van der Waals surface area (Å²) < 4.78 is 5.95. The van der Waals surface area contributed by atoms with Crippen LogP contribution in [0.4, 0.5) is 5.13 Å². The summed E-state index contributed by atoms with van der Waals surface area (Å²) in [6, 6.07) is 11.7. The third kappa shape index (κ3) is 2.76. The molecular formula is C20H19N3O2S. The summed E-state index contributed by atoms with van der Waals surface area (Å²) in [5.74, 6) is 1.05. The number of aromatic nitrogens is 2. The number of fused-ring (bicyclic) bond motifs is 2. The molecule has 1 atom stereocenters. The maximum Gasteiger partial charge on any atom is 0.232 e. The number of ether oxygens (including phenoxy) is 1. The molecule has 0 saturated heterocycles. The molecule has 3 aromatic rings. The number of para-hydroxylation sites is 1. The van der Waals surface area contributed by atoms with Crippen LogP contribution in [0.25, 0.3) is 0 Å². The monoisotopic (exact) mass is 365 g/mol. The fraction of sp³-hybridized carbons (Fsp3) is 0.250. The molecule has 5 nitrogen and oxygen atoms in total. The van der Waals surface area contributed by atoms with Crippen LogP contribution >= 0.6 is 11.3 Å². The van der Waals surface area contributed by atoms with Crippen LogP contribution in [0.3, 0.4) is 0 Å². The van der Waals surface area contributed by atoms with Crippen LogP contribution in [0.15, 0.2) is 48.8 Å². The number of amides is 1. The van der Waals surface area contributed by atoms with Gasteiger partial charge in [-0.25, -0.2) is 9.97 Å². The molecule has 1 amide bonds. The Balaban J connectivity index is 1.77. The van der Waals surface area contributed by atoms with Crippen molar-refractivity contribution in [3.8, 4) is 11.6 Å². The Morgan fingerprint density at radius 1 is 1.15 bits per heavy atom. The average molecular weight is 365 g/mol. The first-order chi connectivity index (χ1) is 12.5. The molecule has 0 saturated carbocycles. The molecular weight excluding hydrogens is 346 g/mol. The van der Waals surface area contributed by atoms with Crippen LogP contribution < -0.4 is 10.1 Å². The van der Waals surface area contributed by atoms with Crippen molar-refractivity contribution in [1.82, 2.24) is 9.97 Å². The Kier molecular flexibility index (Phi) is 4.00. The Hall–Kier alpha value is -2.73. The number of pyridine rings is 1. The molecule has 1 unspecified atom stereocenters. The third-order valence-corrected chi connectivity index (χ3v) is 5.53. The number of nitrogens with zero attached hydrogens (tertiary/aromatic N) is 2. The van der Waals surface area contributed by atoms with Crippen molar-refractivity contribution in [1.29, 1.82) is 0 Å². The number of hydrogen-bond donors (Lipinski definition) is 1. The molecule has 1 N–H and O–H groups in total. The topological polar surface area (TPSA) is 64.1 Å². The normalized spacial score (nSPS) is 15.6. The van der Waals surface area contributed by atoms with Crippen molar-refractivity contribution in [2.75, 3.05) is 5.32 Å². The SMILES string of the molecule is Cc1cnc(NC(=O)C(C)(C)C2c3ccccc3Oc3ncccc32)s1. The van der Waals surface area contributed by atoms with Crippen molar-refractivity contribution in [2.24, 2.45) is 5.41 Å². The van der Waals surface area contributed by atoms with Crippen molar-refractivity contribution < 1.29 is 9.53 Å². The zero-order chi connectivity index (χ0) is 18.3. The van der Waals surface area contributed by atoms with Crippen molar-refractivity contribution >= 4 is 22.4 Å². The largest absolute Gasteiger partial charge is 0.438 e. The fourth-order valence-electron chi connectivity index (χ4n) is 3.37. The quantitative estimate of drug-likeness (QED) is 0.727. The third-order valence-electron chi connectivity index (χ3n) is 4.70.